The Balaban J connectivity index is 1.88. The molecule has 0 radical (unpaired) electrons. The number of hydrogen-bond acceptors (Lipinski definition) is 3. The van der Waals surface area contributed by atoms with Gasteiger partial charge in [0, 0.05) is 24.7 Å². The van der Waals surface area contributed by atoms with Crippen molar-refractivity contribution >= 4 is 11.2 Å². The molecule has 1 saturated heterocycles. The number of nitrogens with one attached hydrogen (secondary N) is 1. The Bertz CT molecular complexity index is 564. The molecular weight excluding hydrogens is 224 g/mol. The molecule has 2 aromatic heterocycles. The number of hydrogen-bond donors (Lipinski definition) is 1. The zero-order valence-electron chi connectivity index (χ0n) is 10.5. The highest BCUT2D eigenvalue weighted by Crippen LogP contribution is 2.37. The third-order valence-corrected chi connectivity index (χ3v) is 4.34. The summed E-state index contributed by atoms with van der Waals surface area (Å²) in [5, 5.41) is 3.44. The Morgan fingerprint density at radius 1 is 1.28 bits per heavy atom. The summed E-state index contributed by atoms with van der Waals surface area (Å²) in [6, 6.07) is 4.71. The van der Waals surface area contributed by atoms with Crippen molar-refractivity contribution in [1.82, 2.24) is 19.9 Å². The van der Waals surface area contributed by atoms with E-state index in [1.165, 1.54) is 31.5 Å². The van der Waals surface area contributed by atoms with Crippen molar-refractivity contribution in [1.29, 1.82) is 0 Å². The second-order valence-electron chi connectivity index (χ2n) is 5.46. The van der Waals surface area contributed by atoms with Gasteiger partial charge < -0.3 is 9.88 Å². The first kappa shape index (κ1) is 10.5. The molecule has 18 heavy (non-hydrogen) atoms. The van der Waals surface area contributed by atoms with E-state index in [0.717, 1.165) is 24.3 Å². The Morgan fingerprint density at radius 3 is 2.94 bits per heavy atom. The van der Waals surface area contributed by atoms with Crippen LogP contribution >= 0.6 is 0 Å². The maximum absolute atomic E-state index is 4.86. The molecule has 2 fully saturated rings. The lowest BCUT2D eigenvalue weighted by molar-refractivity contribution is 0.308. The molecule has 1 unspecified atom stereocenters. The number of pyridine rings is 1. The minimum atomic E-state index is 0.569. The van der Waals surface area contributed by atoms with Crippen LogP contribution in [0.5, 0.6) is 0 Å². The predicted molar refractivity (Wildman–Crippen MR) is 70.6 cm³/mol. The molecule has 2 aromatic rings. The lowest BCUT2D eigenvalue weighted by atomic mass is 9.92. The highest BCUT2D eigenvalue weighted by atomic mass is 15.2. The van der Waals surface area contributed by atoms with Crippen molar-refractivity contribution in [2.75, 3.05) is 13.1 Å². The van der Waals surface area contributed by atoms with Crippen LogP contribution in [-0.4, -0.2) is 27.6 Å². The van der Waals surface area contributed by atoms with Gasteiger partial charge in [0.25, 0.3) is 0 Å². The topological polar surface area (TPSA) is 42.7 Å². The van der Waals surface area contributed by atoms with Gasteiger partial charge in [-0.3, -0.25) is 0 Å². The summed E-state index contributed by atoms with van der Waals surface area (Å²) >= 11 is 0. The van der Waals surface area contributed by atoms with Crippen LogP contribution in [0.4, 0.5) is 0 Å². The predicted octanol–water partition coefficient (Wildman–Crippen LogP) is 2.23. The van der Waals surface area contributed by atoms with E-state index in [2.05, 4.69) is 20.9 Å². The fourth-order valence-corrected chi connectivity index (χ4v) is 3.12. The quantitative estimate of drug-likeness (QED) is 0.878. The Morgan fingerprint density at radius 2 is 2.22 bits per heavy atom. The number of fused-ring (bicyclic) bond motifs is 1. The molecule has 2 aliphatic rings. The molecule has 4 heteroatoms. The highest BCUT2D eigenvalue weighted by molar-refractivity contribution is 5.71. The van der Waals surface area contributed by atoms with Crippen LogP contribution in [-0.2, 0) is 0 Å². The third-order valence-electron chi connectivity index (χ3n) is 4.34. The zero-order valence-corrected chi connectivity index (χ0v) is 10.5. The monoisotopic (exact) mass is 242 g/mol. The van der Waals surface area contributed by atoms with Crippen LogP contribution in [0.15, 0.2) is 18.3 Å². The molecule has 0 bridgehead atoms. The summed E-state index contributed by atoms with van der Waals surface area (Å²) in [4.78, 5) is 9.41. The minimum absolute atomic E-state index is 0.569. The lowest BCUT2D eigenvalue weighted by Gasteiger charge is -2.29. The van der Waals surface area contributed by atoms with Crippen LogP contribution in [0.1, 0.15) is 43.5 Å². The molecule has 1 N–H and O–H groups in total. The molecule has 0 aromatic carbocycles. The van der Waals surface area contributed by atoms with E-state index in [0.29, 0.717) is 12.0 Å². The first-order valence-corrected chi connectivity index (χ1v) is 6.97. The van der Waals surface area contributed by atoms with Crippen LogP contribution in [0, 0.1) is 0 Å². The smallest absolute Gasteiger partial charge is 0.160 e. The molecule has 1 aliphatic heterocycles. The molecule has 1 atom stereocenters. The van der Waals surface area contributed by atoms with Gasteiger partial charge in [-0.25, -0.2) is 9.97 Å². The Kier molecular flexibility index (Phi) is 2.36. The van der Waals surface area contributed by atoms with Gasteiger partial charge in [-0.1, -0.05) is 0 Å². The second-order valence-corrected chi connectivity index (χ2v) is 5.46. The summed E-state index contributed by atoms with van der Waals surface area (Å²) in [7, 11) is 0. The fraction of sp³-hybridized carbons (Fsp3) is 0.571. The average molecular weight is 242 g/mol. The first-order chi connectivity index (χ1) is 8.93. The van der Waals surface area contributed by atoms with E-state index in [4.69, 9.17) is 4.98 Å². The normalized spacial score (nSPS) is 24.6. The van der Waals surface area contributed by atoms with Crippen LogP contribution in [0.25, 0.3) is 11.2 Å². The van der Waals surface area contributed by atoms with Gasteiger partial charge in [0.1, 0.15) is 11.3 Å². The summed E-state index contributed by atoms with van der Waals surface area (Å²) in [6.07, 6.45) is 7.01. The van der Waals surface area contributed by atoms with Gasteiger partial charge in [-0.2, -0.15) is 0 Å². The molecule has 4 nitrogen and oxygen atoms in total. The van der Waals surface area contributed by atoms with E-state index in [1.807, 2.05) is 12.3 Å². The molecule has 1 aliphatic carbocycles. The second kappa shape index (κ2) is 4.05. The van der Waals surface area contributed by atoms with Gasteiger partial charge in [0.05, 0.1) is 0 Å². The van der Waals surface area contributed by atoms with Crippen molar-refractivity contribution in [3.05, 3.63) is 24.2 Å². The molecule has 0 amide bonds. The molecule has 4 rings (SSSR count). The van der Waals surface area contributed by atoms with Crippen molar-refractivity contribution < 1.29 is 0 Å². The zero-order chi connectivity index (χ0) is 11.9. The van der Waals surface area contributed by atoms with E-state index in [9.17, 15) is 0 Å². The summed E-state index contributed by atoms with van der Waals surface area (Å²) in [6.45, 7) is 2.18. The molecule has 3 heterocycles. The summed E-state index contributed by atoms with van der Waals surface area (Å²) in [5.41, 5.74) is 2.15. The molecule has 94 valence electrons. The standard InChI is InChI=1S/C14H18N4/c1-3-11(4-1)18-13(10-6-8-15-9-10)17-12-5-2-7-16-14(12)18/h2,5,7,10-11,15H,1,3-4,6,8-9H2. The van der Waals surface area contributed by atoms with E-state index >= 15 is 0 Å². The number of aromatic nitrogens is 3. The Hall–Kier alpha value is -1.42. The van der Waals surface area contributed by atoms with Gasteiger partial charge in [-0.15, -0.1) is 0 Å². The number of nitrogens with zero attached hydrogens (tertiary/aromatic N) is 3. The number of imidazole rings is 1. The van der Waals surface area contributed by atoms with Crippen molar-refractivity contribution in [3.63, 3.8) is 0 Å². The Labute approximate surface area is 106 Å². The maximum Gasteiger partial charge on any atom is 0.160 e. The summed E-state index contributed by atoms with van der Waals surface area (Å²) < 4.78 is 2.43. The largest absolute Gasteiger partial charge is 0.316 e. The minimum Gasteiger partial charge on any atom is -0.316 e. The van der Waals surface area contributed by atoms with Crippen molar-refractivity contribution in [2.24, 2.45) is 0 Å². The van der Waals surface area contributed by atoms with Crippen LogP contribution in [0.3, 0.4) is 0 Å². The van der Waals surface area contributed by atoms with E-state index < -0.39 is 0 Å². The SMILES string of the molecule is c1cnc2c(c1)nc(C1CCNC1)n2C1CCC1. The highest BCUT2D eigenvalue weighted by Gasteiger charge is 2.29. The van der Waals surface area contributed by atoms with Crippen molar-refractivity contribution in [2.45, 2.75) is 37.6 Å². The van der Waals surface area contributed by atoms with E-state index in [-0.39, 0.29) is 0 Å². The average Bonchev–Trinajstić information content (AvgIpc) is 2.94. The lowest BCUT2D eigenvalue weighted by Crippen LogP contribution is -2.22. The van der Waals surface area contributed by atoms with Gasteiger partial charge in [-0.05, 0) is 44.4 Å². The molecule has 0 spiro atoms. The number of rotatable bonds is 2. The van der Waals surface area contributed by atoms with Gasteiger partial charge in [0.2, 0.25) is 0 Å². The molecular formula is C14H18N4. The first-order valence-electron chi connectivity index (χ1n) is 6.97. The van der Waals surface area contributed by atoms with Crippen LogP contribution < -0.4 is 5.32 Å². The van der Waals surface area contributed by atoms with Gasteiger partial charge in [0.15, 0.2) is 5.65 Å². The maximum atomic E-state index is 4.86. The van der Waals surface area contributed by atoms with E-state index in [1.54, 1.807) is 0 Å². The third kappa shape index (κ3) is 1.48. The van der Waals surface area contributed by atoms with Gasteiger partial charge >= 0.3 is 0 Å². The van der Waals surface area contributed by atoms with Crippen molar-refractivity contribution in [3.8, 4) is 0 Å². The fourth-order valence-electron chi connectivity index (χ4n) is 3.12. The summed E-state index contributed by atoms with van der Waals surface area (Å²) in [5.74, 6) is 1.83. The van der Waals surface area contributed by atoms with Crippen LogP contribution in [0.2, 0.25) is 0 Å². The molecule has 1 saturated carbocycles.